The molecule has 0 heterocycles. The highest BCUT2D eigenvalue weighted by Gasteiger charge is 2.12. The van der Waals surface area contributed by atoms with E-state index < -0.39 is 12.1 Å². The van der Waals surface area contributed by atoms with Crippen molar-refractivity contribution in [3.63, 3.8) is 0 Å². The van der Waals surface area contributed by atoms with Crippen LogP contribution in [0.15, 0.2) is 0 Å². The van der Waals surface area contributed by atoms with E-state index in [-0.39, 0.29) is 18.8 Å². The molecular weight excluding hydrogens is 176 g/mol. The van der Waals surface area contributed by atoms with Crippen molar-refractivity contribution < 1.29 is 24.5 Å². The summed E-state index contributed by atoms with van der Waals surface area (Å²) in [6.07, 6.45) is 0.159. The Bertz CT molecular complexity index is 177. The van der Waals surface area contributed by atoms with E-state index in [9.17, 15) is 9.59 Å². The Labute approximate surface area is 76.3 Å². The van der Waals surface area contributed by atoms with Crippen molar-refractivity contribution in [3.8, 4) is 0 Å². The Morgan fingerprint density at radius 1 is 1.38 bits per heavy atom. The lowest BCUT2D eigenvalue weighted by atomic mass is 10.1. The van der Waals surface area contributed by atoms with Gasteiger partial charge < -0.3 is 14.9 Å². The van der Waals surface area contributed by atoms with Gasteiger partial charge in [0.05, 0.1) is 7.11 Å². The lowest BCUT2D eigenvalue weighted by molar-refractivity contribution is -0.146. The molecule has 0 bridgehead atoms. The second-order valence-electron chi connectivity index (χ2n) is 2.68. The molecule has 0 aliphatic heterocycles. The molecule has 13 heavy (non-hydrogen) atoms. The van der Waals surface area contributed by atoms with Crippen LogP contribution >= 0.6 is 0 Å². The maximum Gasteiger partial charge on any atom is 0.332 e. The van der Waals surface area contributed by atoms with Gasteiger partial charge in [-0.25, -0.2) is 4.79 Å². The summed E-state index contributed by atoms with van der Waals surface area (Å²) in [6.45, 7) is 0. The number of aliphatic hydroxyl groups excluding tert-OH is 1. The summed E-state index contributed by atoms with van der Waals surface area (Å²) >= 11 is 0. The monoisotopic (exact) mass is 190 g/mol. The molecular formula is C8H14O5. The summed E-state index contributed by atoms with van der Waals surface area (Å²) in [5.74, 6) is -1.54. The first-order valence-corrected chi connectivity index (χ1v) is 4.05. The smallest absolute Gasteiger partial charge is 0.332 e. The van der Waals surface area contributed by atoms with Gasteiger partial charge in [-0.1, -0.05) is 0 Å². The normalized spacial score (nSPS) is 12.2. The van der Waals surface area contributed by atoms with Crippen LogP contribution in [0.3, 0.4) is 0 Å². The molecule has 5 nitrogen and oxygen atoms in total. The standard InChI is InChI=1S/C8H14O5/c1-13-7(10)5-3-2-4-6(9)8(11)12/h6,9H,2-5H2,1H3,(H,11,12)/t6-/m1/s1. The van der Waals surface area contributed by atoms with E-state index in [1.807, 2.05) is 0 Å². The Hall–Kier alpha value is -1.10. The number of carbonyl (C=O) groups excluding carboxylic acids is 1. The molecule has 76 valence electrons. The summed E-state index contributed by atoms with van der Waals surface area (Å²) in [5.41, 5.74) is 0. The summed E-state index contributed by atoms with van der Waals surface area (Å²) in [4.78, 5) is 20.7. The minimum Gasteiger partial charge on any atom is -0.479 e. The van der Waals surface area contributed by atoms with Crippen LogP contribution in [0, 0.1) is 0 Å². The molecule has 0 amide bonds. The van der Waals surface area contributed by atoms with Crippen molar-refractivity contribution in [1.82, 2.24) is 0 Å². The number of hydrogen-bond acceptors (Lipinski definition) is 4. The van der Waals surface area contributed by atoms with Gasteiger partial charge in [0.25, 0.3) is 0 Å². The fourth-order valence-electron chi connectivity index (χ4n) is 0.833. The van der Waals surface area contributed by atoms with E-state index in [0.29, 0.717) is 12.8 Å². The number of hydrogen-bond donors (Lipinski definition) is 2. The molecule has 0 aliphatic rings. The van der Waals surface area contributed by atoms with Crippen LogP contribution in [0.5, 0.6) is 0 Å². The minimum atomic E-state index is -1.32. The van der Waals surface area contributed by atoms with Crippen LogP contribution < -0.4 is 0 Å². The summed E-state index contributed by atoms with van der Waals surface area (Å²) < 4.78 is 4.39. The van der Waals surface area contributed by atoms with Crippen molar-refractivity contribution in [2.24, 2.45) is 0 Å². The molecule has 0 aliphatic carbocycles. The average Bonchev–Trinajstić information content (AvgIpc) is 2.11. The lowest BCUT2D eigenvalue weighted by Gasteiger charge is -2.03. The second-order valence-corrected chi connectivity index (χ2v) is 2.68. The molecule has 0 saturated heterocycles. The number of esters is 1. The van der Waals surface area contributed by atoms with Crippen molar-refractivity contribution in [3.05, 3.63) is 0 Å². The summed E-state index contributed by atoms with van der Waals surface area (Å²) in [7, 11) is 1.30. The zero-order chi connectivity index (χ0) is 10.3. The first-order chi connectivity index (χ1) is 6.07. The van der Waals surface area contributed by atoms with Crippen LogP contribution in [0.2, 0.25) is 0 Å². The lowest BCUT2D eigenvalue weighted by Crippen LogP contribution is -2.19. The molecule has 0 radical (unpaired) electrons. The van der Waals surface area contributed by atoms with Crippen molar-refractivity contribution >= 4 is 11.9 Å². The first-order valence-electron chi connectivity index (χ1n) is 4.05. The van der Waals surface area contributed by atoms with Gasteiger partial charge in [-0.2, -0.15) is 0 Å². The number of ether oxygens (including phenoxy) is 1. The number of aliphatic carboxylic acids is 1. The van der Waals surface area contributed by atoms with Gasteiger partial charge in [0, 0.05) is 6.42 Å². The van der Waals surface area contributed by atoms with Gasteiger partial charge in [0.15, 0.2) is 6.10 Å². The number of methoxy groups -OCH3 is 1. The molecule has 2 N–H and O–H groups in total. The SMILES string of the molecule is COC(=O)CCCC[C@@H](O)C(=O)O. The quantitative estimate of drug-likeness (QED) is 0.460. The molecule has 0 aromatic rings. The molecule has 0 saturated carbocycles. The third-order valence-corrected chi connectivity index (χ3v) is 1.62. The van der Waals surface area contributed by atoms with Crippen LogP contribution in [0.4, 0.5) is 0 Å². The number of carboxylic acid groups (broad SMARTS) is 1. The van der Waals surface area contributed by atoms with E-state index in [1.165, 1.54) is 7.11 Å². The van der Waals surface area contributed by atoms with Gasteiger partial charge in [0.2, 0.25) is 0 Å². The molecule has 0 aromatic carbocycles. The average molecular weight is 190 g/mol. The van der Waals surface area contributed by atoms with Crippen LogP contribution in [0.25, 0.3) is 0 Å². The van der Waals surface area contributed by atoms with Crippen LogP contribution in [-0.2, 0) is 14.3 Å². The van der Waals surface area contributed by atoms with Gasteiger partial charge >= 0.3 is 11.9 Å². The highest BCUT2D eigenvalue weighted by Crippen LogP contribution is 2.04. The topological polar surface area (TPSA) is 83.8 Å². The molecule has 1 atom stereocenters. The Balaban J connectivity index is 3.35. The molecule has 0 fully saturated rings. The van der Waals surface area contributed by atoms with Gasteiger partial charge in [-0.05, 0) is 19.3 Å². The van der Waals surface area contributed by atoms with Crippen LogP contribution in [0.1, 0.15) is 25.7 Å². The molecule has 0 unspecified atom stereocenters. The second kappa shape index (κ2) is 6.42. The highest BCUT2D eigenvalue weighted by atomic mass is 16.5. The van der Waals surface area contributed by atoms with Gasteiger partial charge in [-0.15, -0.1) is 0 Å². The Morgan fingerprint density at radius 3 is 2.46 bits per heavy atom. The third kappa shape index (κ3) is 6.10. The van der Waals surface area contributed by atoms with E-state index >= 15 is 0 Å². The number of rotatable bonds is 6. The number of aliphatic hydroxyl groups is 1. The number of unbranched alkanes of at least 4 members (excludes halogenated alkanes) is 1. The predicted molar refractivity (Wildman–Crippen MR) is 44.1 cm³/mol. The summed E-state index contributed by atoms with van der Waals surface area (Å²) in [6, 6.07) is 0. The third-order valence-electron chi connectivity index (χ3n) is 1.62. The van der Waals surface area contributed by atoms with E-state index in [0.717, 1.165) is 0 Å². The van der Waals surface area contributed by atoms with E-state index in [1.54, 1.807) is 0 Å². The zero-order valence-corrected chi connectivity index (χ0v) is 7.52. The van der Waals surface area contributed by atoms with E-state index in [2.05, 4.69) is 4.74 Å². The largest absolute Gasteiger partial charge is 0.479 e. The Morgan fingerprint density at radius 2 is 2.00 bits per heavy atom. The van der Waals surface area contributed by atoms with Gasteiger partial charge in [-0.3, -0.25) is 4.79 Å². The first kappa shape index (κ1) is 11.9. The predicted octanol–water partition coefficient (Wildman–Crippen LogP) is 0.165. The van der Waals surface area contributed by atoms with Crippen molar-refractivity contribution in [1.29, 1.82) is 0 Å². The van der Waals surface area contributed by atoms with E-state index in [4.69, 9.17) is 10.2 Å². The summed E-state index contributed by atoms with van der Waals surface area (Å²) in [5, 5.41) is 17.1. The van der Waals surface area contributed by atoms with Crippen molar-refractivity contribution in [2.75, 3.05) is 7.11 Å². The molecule has 5 heteroatoms. The van der Waals surface area contributed by atoms with Crippen LogP contribution in [-0.4, -0.2) is 35.4 Å². The minimum absolute atomic E-state index is 0.173. The van der Waals surface area contributed by atoms with Gasteiger partial charge in [0.1, 0.15) is 0 Å². The maximum atomic E-state index is 10.6. The van der Waals surface area contributed by atoms with Crippen molar-refractivity contribution in [2.45, 2.75) is 31.8 Å². The fraction of sp³-hybridized carbons (Fsp3) is 0.750. The molecule has 0 spiro atoms. The highest BCUT2D eigenvalue weighted by molar-refractivity contribution is 5.71. The molecule has 0 rings (SSSR count). The number of carbonyl (C=O) groups is 2. The maximum absolute atomic E-state index is 10.6. The number of carboxylic acids is 1. The Kier molecular flexibility index (Phi) is 5.88. The molecule has 0 aromatic heterocycles. The zero-order valence-electron chi connectivity index (χ0n) is 7.52. The fourth-order valence-corrected chi connectivity index (χ4v) is 0.833.